The van der Waals surface area contributed by atoms with Crippen LogP contribution < -0.4 is 10.6 Å². The van der Waals surface area contributed by atoms with Crippen LogP contribution in [-0.4, -0.2) is 54.5 Å². The topological polar surface area (TPSA) is 64.7 Å². The van der Waals surface area contributed by atoms with E-state index < -0.39 is 0 Å². The Bertz CT molecular complexity index is 799. The maximum atomic E-state index is 13.1. The Kier molecular flexibility index (Phi) is 7.25. The molecule has 3 amide bonds. The predicted molar refractivity (Wildman–Crippen MR) is 116 cm³/mol. The van der Waals surface area contributed by atoms with E-state index in [1.807, 2.05) is 30.0 Å². The first-order valence-corrected chi connectivity index (χ1v) is 10.2. The van der Waals surface area contributed by atoms with Crippen molar-refractivity contribution in [2.24, 2.45) is 0 Å². The standard InChI is InChI=1S/C23H30N4O2/c1-3-24-22(28)19-9-11-20(12-10-19)25-23(29)27(17-18-7-5-4-6-8-18)21-13-15-26(2)16-14-21/h4-12,21H,3,13-17H2,1-2H3,(H,24,28)(H,25,29). The highest BCUT2D eigenvalue weighted by Gasteiger charge is 2.27. The van der Waals surface area contributed by atoms with Gasteiger partial charge in [-0.3, -0.25) is 4.79 Å². The molecular formula is C23H30N4O2. The molecule has 2 N–H and O–H groups in total. The Morgan fingerprint density at radius 1 is 1.03 bits per heavy atom. The SMILES string of the molecule is CCNC(=O)c1ccc(NC(=O)N(Cc2ccccc2)C2CCN(C)CC2)cc1. The second kappa shape index (κ2) is 10.1. The summed E-state index contributed by atoms with van der Waals surface area (Å²) in [6, 6.07) is 17.2. The molecule has 0 aliphatic carbocycles. The Balaban J connectivity index is 1.71. The first kappa shape index (κ1) is 20.9. The lowest BCUT2D eigenvalue weighted by molar-refractivity contribution is 0.0956. The molecule has 1 heterocycles. The molecule has 6 nitrogen and oxygen atoms in total. The van der Waals surface area contributed by atoms with Crippen molar-refractivity contribution in [2.45, 2.75) is 32.4 Å². The first-order chi connectivity index (χ1) is 14.1. The van der Waals surface area contributed by atoms with Crippen molar-refractivity contribution in [3.05, 3.63) is 65.7 Å². The molecule has 1 fully saturated rings. The number of carbonyl (C=O) groups is 2. The van der Waals surface area contributed by atoms with Gasteiger partial charge in [0.1, 0.15) is 0 Å². The van der Waals surface area contributed by atoms with E-state index in [-0.39, 0.29) is 18.0 Å². The Morgan fingerprint density at radius 2 is 1.69 bits per heavy atom. The summed E-state index contributed by atoms with van der Waals surface area (Å²) in [5, 5.41) is 5.79. The fraction of sp³-hybridized carbons (Fsp3) is 0.391. The van der Waals surface area contributed by atoms with Gasteiger partial charge in [0.05, 0.1) is 0 Å². The minimum Gasteiger partial charge on any atom is -0.352 e. The van der Waals surface area contributed by atoms with Crippen LogP contribution in [0.2, 0.25) is 0 Å². The Hall–Kier alpha value is -2.86. The van der Waals surface area contributed by atoms with Gasteiger partial charge in [-0.2, -0.15) is 0 Å². The number of benzene rings is 2. The Morgan fingerprint density at radius 3 is 2.31 bits per heavy atom. The van der Waals surface area contributed by atoms with Gasteiger partial charge >= 0.3 is 6.03 Å². The van der Waals surface area contributed by atoms with Crippen LogP contribution in [0.3, 0.4) is 0 Å². The van der Waals surface area contributed by atoms with Gasteiger partial charge in [0, 0.05) is 30.4 Å². The average Bonchev–Trinajstić information content (AvgIpc) is 2.74. The summed E-state index contributed by atoms with van der Waals surface area (Å²) < 4.78 is 0. The fourth-order valence-electron chi connectivity index (χ4n) is 3.62. The fourth-order valence-corrected chi connectivity index (χ4v) is 3.62. The first-order valence-electron chi connectivity index (χ1n) is 10.2. The second-order valence-electron chi connectivity index (χ2n) is 7.51. The number of nitrogens with one attached hydrogen (secondary N) is 2. The molecule has 0 radical (unpaired) electrons. The number of rotatable bonds is 6. The van der Waals surface area contributed by atoms with Gasteiger partial charge in [0.2, 0.25) is 0 Å². The number of anilines is 1. The molecule has 0 unspecified atom stereocenters. The molecule has 0 spiro atoms. The molecular weight excluding hydrogens is 364 g/mol. The number of likely N-dealkylation sites (tertiary alicyclic amines) is 1. The van der Waals surface area contributed by atoms with Gasteiger partial charge in [0.25, 0.3) is 5.91 Å². The molecule has 0 saturated carbocycles. The molecule has 0 bridgehead atoms. The minimum atomic E-state index is -0.109. The number of carbonyl (C=O) groups excluding carboxylic acids is 2. The maximum Gasteiger partial charge on any atom is 0.322 e. The number of urea groups is 1. The number of hydrogen-bond acceptors (Lipinski definition) is 3. The van der Waals surface area contributed by atoms with Gasteiger partial charge in [-0.1, -0.05) is 30.3 Å². The summed E-state index contributed by atoms with van der Waals surface area (Å²) in [6.45, 7) is 5.03. The van der Waals surface area contributed by atoms with Crippen molar-refractivity contribution in [1.29, 1.82) is 0 Å². The zero-order valence-corrected chi connectivity index (χ0v) is 17.2. The Labute approximate surface area is 172 Å². The molecule has 1 saturated heterocycles. The van der Waals surface area contributed by atoms with Crippen molar-refractivity contribution in [3.8, 4) is 0 Å². The van der Waals surface area contributed by atoms with E-state index in [0.29, 0.717) is 24.3 Å². The molecule has 6 heteroatoms. The van der Waals surface area contributed by atoms with Crippen molar-refractivity contribution in [1.82, 2.24) is 15.1 Å². The van der Waals surface area contributed by atoms with Crippen LogP contribution in [0.15, 0.2) is 54.6 Å². The van der Waals surface area contributed by atoms with Crippen molar-refractivity contribution in [3.63, 3.8) is 0 Å². The van der Waals surface area contributed by atoms with E-state index in [1.54, 1.807) is 24.3 Å². The normalized spacial score (nSPS) is 15.0. The van der Waals surface area contributed by atoms with Crippen LogP contribution in [0.25, 0.3) is 0 Å². The summed E-state index contributed by atoms with van der Waals surface area (Å²) in [4.78, 5) is 29.3. The lowest BCUT2D eigenvalue weighted by Crippen LogP contribution is -2.47. The third-order valence-electron chi connectivity index (χ3n) is 5.32. The number of piperidine rings is 1. The molecule has 29 heavy (non-hydrogen) atoms. The third-order valence-corrected chi connectivity index (χ3v) is 5.32. The minimum absolute atomic E-state index is 0.103. The van der Waals surface area contributed by atoms with Gasteiger partial charge in [-0.15, -0.1) is 0 Å². The highest BCUT2D eigenvalue weighted by atomic mass is 16.2. The maximum absolute atomic E-state index is 13.1. The smallest absolute Gasteiger partial charge is 0.322 e. The molecule has 0 aromatic heterocycles. The summed E-state index contributed by atoms with van der Waals surface area (Å²) in [6.07, 6.45) is 1.93. The summed E-state index contributed by atoms with van der Waals surface area (Å²) in [5.74, 6) is -0.109. The number of amides is 3. The monoisotopic (exact) mass is 394 g/mol. The van der Waals surface area contributed by atoms with Crippen LogP contribution in [0.4, 0.5) is 10.5 Å². The third kappa shape index (κ3) is 5.81. The zero-order valence-electron chi connectivity index (χ0n) is 17.2. The van der Waals surface area contributed by atoms with E-state index in [4.69, 9.17) is 0 Å². The molecule has 1 aliphatic rings. The molecule has 2 aromatic rings. The van der Waals surface area contributed by atoms with E-state index in [0.717, 1.165) is 31.5 Å². The van der Waals surface area contributed by atoms with Crippen LogP contribution >= 0.6 is 0 Å². The second-order valence-corrected chi connectivity index (χ2v) is 7.51. The van der Waals surface area contributed by atoms with E-state index in [1.165, 1.54) is 0 Å². The number of hydrogen-bond donors (Lipinski definition) is 2. The highest BCUT2D eigenvalue weighted by Crippen LogP contribution is 2.20. The highest BCUT2D eigenvalue weighted by molar-refractivity contribution is 5.95. The van der Waals surface area contributed by atoms with Crippen molar-refractivity contribution < 1.29 is 9.59 Å². The van der Waals surface area contributed by atoms with Gasteiger partial charge in [-0.25, -0.2) is 4.79 Å². The van der Waals surface area contributed by atoms with E-state index in [2.05, 4.69) is 34.7 Å². The molecule has 154 valence electrons. The van der Waals surface area contributed by atoms with Crippen LogP contribution in [0.1, 0.15) is 35.7 Å². The lowest BCUT2D eigenvalue weighted by atomic mass is 10.0. The lowest BCUT2D eigenvalue weighted by Gasteiger charge is -2.37. The van der Waals surface area contributed by atoms with Crippen LogP contribution in [0.5, 0.6) is 0 Å². The number of nitrogens with zero attached hydrogens (tertiary/aromatic N) is 2. The average molecular weight is 395 g/mol. The summed E-state index contributed by atoms with van der Waals surface area (Å²) >= 11 is 0. The van der Waals surface area contributed by atoms with E-state index in [9.17, 15) is 9.59 Å². The van der Waals surface area contributed by atoms with Gasteiger partial charge < -0.3 is 20.4 Å². The van der Waals surface area contributed by atoms with Gasteiger partial charge in [0.15, 0.2) is 0 Å². The van der Waals surface area contributed by atoms with Crippen molar-refractivity contribution in [2.75, 3.05) is 32.0 Å². The quantitative estimate of drug-likeness (QED) is 0.787. The molecule has 1 aliphatic heterocycles. The van der Waals surface area contributed by atoms with Crippen LogP contribution in [-0.2, 0) is 6.54 Å². The molecule has 2 aromatic carbocycles. The predicted octanol–water partition coefficient (Wildman–Crippen LogP) is 3.56. The van der Waals surface area contributed by atoms with Crippen molar-refractivity contribution >= 4 is 17.6 Å². The van der Waals surface area contributed by atoms with Gasteiger partial charge in [-0.05, 0) is 69.7 Å². The largest absolute Gasteiger partial charge is 0.352 e. The summed E-state index contributed by atoms with van der Waals surface area (Å²) in [5.41, 5.74) is 2.39. The summed E-state index contributed by atoms with van der Waals surface area (Å²) in [7, 11) is 2.12. The van der Waals surface area contributed by atoms with E-state index >= 15 is 0 Å². The zero-order chi connectivity index (χ0) is 20.6. The molecule has 0 atom stereocenters. The molecule has 3 rings (SSSR count). The van der Waals surface area contributed by atoms with Crippen LogP contribution in [0, 0.1) is 0 Å².